The minimum absolute atomic E-state index is 0.238. The van der Waals surface area contributed by atoms with Crippen molar-refractivity contribution in [2.45, 2.75) is 83.3 Å². The van der Waals surface area contributed by atoms with Crippen molar-refractivity contribution in [3.05, 3.63) is 11.8 Å². The van der Waals surface area contributed by atoms with Crippen molar-refractivity contribution < 1.29 is 41.9 Å². The van der Waals surface area contributed by atoms with Gasteiger partial charge in [-0.25, -0.2) is 4.79 Å². The molecule has 0 aliphatic rings. The molecule has 208 valence electrons. The van der Waals surface area contributed by atoms with E-state index in [9.17, 15) is 19.8 Å². The van der Waals surface area contributed by atoms with Gasteiger partial charge in [0.1, 0.15) is 6.10 Å². The average Bonchev–Trinajstić information content (AvgIpc) is 2.80. The number of aliphatic hydroxyl groups excluding tert-OH is 2. The topological polar surface area (TPSA) is 148 Å². The molecule has 0 spiro atoms. The number of hydrogen-bond acceptors (Lipinski definition) is 11. The van der Waals surface area contributed by atoms with Crippen LogP contribution in [0.3, 0.4) is 0 Å². The molecular formula is C22H48N2O9Si2. The molecule has 4 atom stereocenters. The van der Waals surface area contributed by atoms with Crippen molar-refractivity contribution >= 4 is 23.6 Å². The molecule has 0 aromatic rings. The first-order chi connectivity index (χ1) is 16.5. The molecule has 13 heteroatoms. The molecule has 0 aliphatic heterocycles. The van der Waals surface area contributed by atoms with Crippen LogP contribution in [0.2, 0.25) is 12.1 Å². The molecule has 0 aromatic heterocycles. The third-order valence-corrected chi connectivity index (χ3v) is 11.8. The molecule has 4 unspecified atom stereocenters. The maximum Gasteiger partial charge on any atom is 0.493 e. The smallest absolute Gasteiger partial charge is 0.459 e. The summed E-state index contributed by atoms with van der Waals surface area (Å²) < 4.78 is 27.9. The Bertz CT molecular complexity index is 609. The van der Waals surface area contributed by atoms with Crippen LogP contribution in [0.15, 0.2) is 11.8 Å². The van der Waals surface area contributed by atoms with Crippen molar-refractivity contribution in [1.29, 1.82) is 0 Å². The second kappa shape index (κ2) is 18.4. The third-order valence-electron chi connectivity index (χ3n) is 5.46. The molecule has 0 aromatic carbocycles. The number of rotatable bonds is 21. The molecule has 0 radical (unpaired) electrons. The van der Waals surface area contributed by atoms with Gasteiger partial charge in [-0.1, -0.05) is 6.92 Å². The lowest BCUT2D eigenvalue weighted by Crippen LogP contribution is -2.56. The predicted octanol–water partition coefficient (Wildman–Crippen LogP) is 1.15. The summed E-state index contributed by atoms with van der Waals surface area (Å²) in [7, 11) is -0.298. The molecule has 0 heterocycles. The Morgan fingerprint density at radius 2 is 1.66 bits per heavy atom. The lowest BCUT2D eigenvalue weighted by molar-refractivity contribution is -0.144. The lowest BCUT2D eigenvalue weighted by Gasteiger charge is -2.33. The molecule has 0 bridgehead atoms. The van der Waals surface area contributed by atoms with Crippen LogP contribution in [0.25, 0.3) is 0 Å². The summed E-state index contributed by atoms with van der Waals surface area (Å²) >= 11 is 0. The fraction of sp³-hybridized carbons (Fsp3) is 0.864. The van der Waals surface area contributed by atoms with Crippen LogP contribution in [0.5, 0.6) is 0 Å². The van der Waals surface area contributed by atoms with Crippen molar-refractivity contribution in [3.8, 4) is 0 Å². The number of esters is 1. The number of carbonyl (C=O) groups excluding carboxylic acids is 1. The summed E-state index contributed by atoms with van der Waals surface area (Å²) in [5.41, 5.74) is 0.632. The van der Waals surface area contributed by atoms with Crippen molar-refractivity contribution in [2.24, 2.45) is 0 Å². The number of ether oxygens (including phenoxy) is 1. The molecule has 5 N–H and O–H groups in total. The number of hydrogen-bond donors (Lipinski definition) is 5. The molecule has 0 rings (SSSR count). The summed E-state index contributed by atoms with van der Waals surface area (Å²) in [6.07, 6.45) is 1.99. The second-order valence-corrected chi connectivity index (χ2v) is 14.4. The maximum atomic E-state index is 12.2. The fourth-order valence-corrected chi connectivity index (χ4v) is 9.23. The Balaban J connectivity index is 4.73. The third kappa shape index (κ3) is 15.1. The van der Waals surface area contributed by atoms with E-state index in [1.807, 2.05) is 14.0 Å². The molecule has 0 aliphatic carbocycles. The van der Waals surface area contributed by atoms with Crippen LogP contribution in [-0.4, -0.2) is 98.4 Å². The zero-order valence-electron chi connectivity index (χ0n) is 22.5. The van der Waals surface area contributed by atoms with Crippen molar-refractivity contribution in [3.63, 3.8) is 0 Å². The molecule has 0 fully saturated rings. The quantitative estimate of drug-likeness (QED) is 0.0618. The van der Waals surface area contributed by atoms with Gasteiger partial charge in [-0.3, -0.25) is 0 Å². The van der Waals surface area contributed by atoms with Gasteiger partial charge in [0.15, 0.2) is 0 Å². The van der Waals surface area contributed by atoms with Gasteiger partial charge in [-0.05, 0) is 53.1 Å². The van der Waals surface area contributed by atoms with E-state index in [0.717, 1.165) is 6.54 Å². The van der Waals surface area contributed by atoms with Crippen LogP contribution in [0, 0.1) is 0 Å². The van der Waals surface area contributed by atoms with E-state index < -0.39 is 41.9 Å². The van der Waals surface area contributed by atoms with Gasteiger partial charge >= 0.3 is 23.6 Å². The summed E-state index contributed by atoms with van der Waals surface area (Å²) in [5, 5.41) is 25.5. The normalized spacial score (nSPS) is 16.9. The Morgan fingerprint density at radius 3 is 2.17 bits per heavy atom. The van der Waals surface area contributed by atoms with Crippen molar-refractivity contribution in [1.82, 2.24) is 10.6 Å². The maximum absolute atomic E-state index is 12.2. The summed E-state index contributed by atoms with van der Waals surface area (Å²) in [5.74, 6) is -0.496. The average molecular weight is 541 g/mol. The molecule has 35 heavy (non-hydrogen) atoms. The second-order valence-electron chi connectivity index (χ2n) is 8.62. The van der Waals surface area contributed by atoms with Crippen LogP contribution >= 0.6 is 0 Å². The van der Waals surface area contributed by atoms with Gasteiger partial charge in [0.2, 0.25) is 0 Å². The molecule has 11 nitrogen and oxygen atoms in total. The highest BCUT2D eigenvalue weighted by Gasteiger charge is 2.49. The fourth-order valence-electron chi connectivity index (χ4n) is 3.46. The lowest BCUT2D eigenvalue weighted by atomic mass is 10.0. The zero-order chi connectivity index (χ0) is 26.9. The van der Waals surface area contributed by atoms with Gasteiger partial charge in [0, 0.05) is 58.2 Å². The van der Waals surface area contributed by atoms with Crippen LogP contribution < -0.4 is 10.6 Å². The Kier molecular flexibility index (Phi) is 17.9. The van der Waals surface area contributed by atoms with E-state index in [1.165, 1.54) is 27.4 Å². The standard InChI is InChI=1S/C22H48N2O9Si2/c1-8-21(17-20(26)16-19(3)25)32-22(27)15-18(2)24-12-10-14-35(30-6,31-7)33-34(28,29-5)13-9-11-23-4/h15,19-21,23-26,28H,8-14,16-17H2,1-7H3/b18-15-. The highest BCUT2D eigenvalue weighted by atomic mass is 28.5. The van der Waals surface area contributed by atoms with Crippen molar-refractivity contribution in [2.75, 3.05) is 41.5 Å². The monoisotopic (exact) mass is 540 g/mol. The SMILES string of the molecule is CCC(CC(O)CC(C)O)OC(=O)/C=C(/C)NCCC[Si](OC)(OC)O[Si](O)(CCCNC)OC. The highest BCUT2D eigenvalue weighted by molar-refractivity contribution is 6.74. The Morgan fingerprint density at radius 1 is 1.03 bits per heavy atom. The van der Waals surface area contributed by atoms with E-state index in [1.54, 1.807) is 13.8 Å². The minimum Gasteiger partial charge on any atom is -0.459 e. The molecule has 0 amide bonds. The van der Waals surface area contributed by atoms with Gasteiger partial charge in [0.25, 0.3) is 0 Å². The summed E-state index contributed by atoms with van der Waals surface area (Å²) in [6.45, 7) is 6.50. The van der Waals surface area contributed by atoms with Gasteiger partial charge in [0.05, 0.1) is 12.2 Å². The van der Waals surface area contributed by atoms with Crippen LogP contribution in [0.4, 0.5) is 0 Å². The molecule has 0 saturated carbocycles. The number of allylic oxidation sites excluding steroid dienone is 1. The highest BCUT2D eigenvalue weighted by Crippen LogP contribution is 2.24. The number of aliphatic hydroxyl groups is 2. The molecular weight excluding hydrogens is 492 g/mol. The summed E-state index contributed by atoms with van der Waals surface area (Å²) in [4.78, 5) is 23.1. The first-order valence-electron chi connectivity index (χ1n) is 12.2. The number of nitrogens with one attached hydrogen (secondary N) is 2. The molecule has 0 saturated heterocycles. The van der Waals surface area contributed by atoms with Gasteiger partial charge in [-0.15, -0.1) is 0 Å². The van der Waals surface area contributed by atoms with Crippen LogP contribution in [-0.2, 0) is 26.9 Å². The van der Waals surface area contributed by atoms with Crippen LogP contribution in [0.1, 0.15) is 52.9 Å². The first kappa shape index (κ1) is 34.1. The Hall–Kier alpha value is -0.876. The van der Waals surface area contributed by atoms with E-state index in [-0.39, 0.29) is 12.8 Å². The number of carbonyl (C=O) groups is 1. The van der Waals surface area contributed by atoms with E-state index in [4.69, 9.17) is 22.1 Å². The van der Waals surface area contributed by atoms with E-state index >= 15 is 0 Å². The Labute approximate surface area is 212 Å². The zero-order valence-corrected chi connectivity index (χ0v) is 24.5. The minimum atomic E-state index is -3.44. The first-order valence-corrected chi connectivity index (χ1v) is 16.1. The van der Waals surface area contributed by atoms with E-state index in [2.05, 4.69) is 10.6 Å². The van der Waals surface area contributed by atoms with Gasteiger partial charge < -0.3 is 47.8 Å². The van der Waals surface area contributed by atoms with Gasteiger partial charge in [-0.2, -0.15) is 0 Å². The largest absolute Gasteiger partial charge is 0.493 e. The van der Waals surface area contributed by atoms with E-state index in [0.29, 0.717) is 43.6 Å². The summed E-state index contributed by atoms with van der Waals surface area (Å²) in [6, 6.07) is 0.845. The predicted molar refractivity (Wildman–Crippen MR) is 137 cm³/mol.